The van der Waals surface area contributed by atoms with E-state index in [2.05, 4.69) is 0 Å². The maximum Gasteiger partial charge on any atom is 0.231 e. The molecule has 1 amide bonds. The lowest BCUT2D eigenvalue weighted by Gasteiger charge is -2.28. The van der Waals surface area contributed by atoms with Crippen LogP contribution in [0.3, 0.4) is 0 Å². The van der Waals surface area contributed by atoms with Crippen LogP contribution in [0.1, 0.15) is 29.4 Å². The number of nitrogens with zero attached hydrogens (tertiary/aromatic N) is 1. The van der Waals surface area contributed by atoms with E-state index in [4.69, 9.17) is 23.4 Å². The Morgan fingerprint density at radius 1 is 1.20 bits per heavy atom. The SMILES string of the molecule is COCc1cc(=O)c(O)c([C@@H](CC(=O)N2CCOCC2)c2ccc3c(c2)OCO3)o1. The number of aromatic hydroxyl groups is 1. The van der Waals surface area contributed by atoms with E-state index in [1.165, 1.54) is 13.2 Å². The van der Waals surface area contributed by atoms with Crippen LogP contribution in [0.2, 0.25) is 0 Å². The summed E-state index contributed by atoms with van der Waals surface area (Å²) in [5.74, 6) is 0.0729. The van der Waals surface area contributed by atoms with Gasteiger partial charge in [0.25, 0.3) is 0 Å². The van der Waals surface area contributed by atoms with Gasteiger partial charge >= 0.3 is 0 Å². The number of hydrogen-bond donors (Lipinski definition) is 1. The topological polar surface area (TPSA) is 108 Å². The highest BCUT2D eigenvalue weighted by Gasteiger charge is 2.30. The highest BCUT2D eigenvalue weighted by atomic mass is 16.7. The van der Waals surface area contributed by atoms with E-state index < -0.39 is 17.1 Å². The molecule has 1 aromatic heterocycles. The van der Waals surface area contributed by atoms with E-state index >= 15 is 0 Å². The van der Waals surface area contributed by atoms with Gasteiger partial charge in [0.1, 0.15) is 12.4 Å². The first-order valence-electron chi connectivity index (χ1n) is 9.66. The highest BCUT2D eigenvalue weighted by molar-refractivity contribution is 5.78. The van der Waals surface area contributed by atoms with Crippen molar-refractivity contribution in [2.45, 2.75) is 18.9 Å². The minimum absolute atomic E-state index is 0.00653. The van der Waals surface area contributed by atoms with Gasteiger partial charge in [0.15, 0.2) is 17.3 Å². The lowest BCUT2D eigenvalue weighted by molar-refractivity contribution is -0.135. The van der Waals surface area contributed by atoms with E-state index in [1.54, 1.807) is 23.1 Å². The molecule has 9 heteroatoms. The van der Waals surface area contributed by atoms with Crippen molar-refractivity contribution in [1.29, 1.82) is 0 Å². The molecule has 1 fully saturated rings. The van der Waals surface area contributed by atoms with Gasteiger partial charge in [-0.25, -0.2) is 0 Å². The molecule has 2 aliphatic rings. The first-order chi connectivity index (χ1) is 14.6. The molecule has 160 valence electrons. The van der Waals surface area contributed by atoms with E-state index in [0.717, 1.165) is 0 Å². The van der Waals surface area contributed by atoms with Gasteiger partial charge in [-0.1, -0.05) is 6.07 Å². The van der Waals surface area contributed by atoms with Gasteiger partial charge in [-0.2, -0.15) is 0 Å². The average molecular weight is 417 g/mol. The molecule has 4 rings (SSSR count). The van der Waals surface area contributed by atoms with Gasteiger partial charge < -0.3 is 33.4 Å². The number of rotatable bonds is 6. The van der Waals surface area contributed by atoms with Crippen LogP contribution in [0.4, 0.5) is 0 Å². The molecular formula is C21H23NO8. The Balaban J connectivity index is 1.74. The fraction of sp³-hybridized carbons (Fsp3) is 0.429. The summed E-state index contributed by atoms with van der Waals surface area (Å²) < 4.78 is 27.0. The van der Waals surface area contributed by atoms with E-state index in [9.17, 15) is 14.7 Å². The number of carbonyl (C=O) groups is 1. The monoisotopic (exact) mass is 417 g/mol. The molecule has 30 heavy (non-hydrogen) atoms. The van der Waals surface area contributed by atoms with Gasteiger partial charge in [-0.15, -0.1) is 0 Å². The third-order valence-electron chi connectivity index (χ3n) is 5.14. The number of methoxy groups -OCH3 is 1. The molecule has 3 heterocycles. The molecule has 9 nitrogen and oxygen atoms in total. The second-order valence-corrected chi connectivity index (χ2v) is 7.09. The van der Waals surface area contributed by atoms with Gasteiger partial charge in [0.05, 0.1) is 19.1 Å². The number of amides is 1. The Hall–Kier alpha value is -3.04. The first kappa shape index (κ1) is 20.2. The second kappa shape index (κ2) is 8.76. The van der Waals surface area contributed by atoms with Crippen molar-refractivity contribution in [2.24, 2.45) is 0 Å². The Kier molecular flexibility index (Phi) is 5.91. The Bertz CT molecular complexity index is 979. The van der Waals surface area contributed by atoms with Crippen LogP contribution in [0.25, 0.3) is 0 Å². The number of fused-ring (bicyclic) bond motifs is 1. The van der Waals surface area contributed by atoms with Gasteiger partial charge in [-0.3, -0.25) is 9.59 Å². The lowest BCUT2D eigenvalue weighted by Crippen LogP contribution is -2.41. The molecule has 0 aliphatic carbocycles. The third kappa shape index (κ3) is 4.12. The molecule has 1 aromatic carbocycles. The van der Waals surface area contributed by atoms with Gasteiger partial charge in [0, 0.05) is 32.7 Å². The zero-order chi connectivity index (χ0) is 21.1. The average Bonchev–Trinajstić information content (AvgIpc) is 3.23. The molecule has 2 aromatic rings. The number of hydrogen-bond acceptors (Lipinski definition) is 8. The standard InChI is InChI=1S/C21H23NO8/c1-26-11-14-9-16(23)20(25)21(30-14)15(10-19(24)22-4-6-27-7-5-22)13-2-3-17-18(8-13)29-12-28-17/h2-3,8-9,15,25H,4-7,10-12H2,1H3/t15-/m0/s1. The normalized spacial score (nSPS) is 16.5. The summed E-state index contributed by atoms with van der Waals surface area (Å²) in [6, 6.07) is 6.43. The molecule has 0 spiro atoms. The van der Waals surface area contributed by atoms with Crippen LogP contribution >= 0.6 is 0 Å². The maximum absolute atomic E-state index is 13.0. The summed E-state index contributed by atoms with van der Waals surface area (Å²) in [6.07, 6.45) is 0.00653. The number of morpholine rings is 1. The lowest BCUT2D eigenvalue weighted by atomic mass is 9.91. The largest absolute Gasteiger partial charge is 0.502 e. The van der Waals surface area contributed by atoms with Crippen LogP contribution in [0.15, 0.2) is 33.5 Å². The molecular weight excluding hydrogens is 394 g/mol. The molecule has 0 unspecified atom stereocenters. The molecule has 2 aliphatic heterocycles. The Labute approximate surface area is 172 Å². The van der Waals surface area contributed by atoms with Crippen LogP contribution < -0.4 is 14.9 Å². The summed E-state index contributed by atoms with van der Waals surface area (Å²) in [5, 5.41) is 10.5. The minimum Gasteiger partial charge on any atom is -0.502 e. The Morgan fingerprint density at radius 2 is 1.97 bits per heavy atom. The van der Waals surface area contributed by atoms with Crippen LogP contribution in [-0.4, -0.2) is 56.1 Å². The summed E-state index contributed by atoms with van der Waals surface area (Å²) >= 11 is 0. The predicted octanol–water partition coefficient (Wildman–Crippen LogP) is 1.60. The van der Waals surface area contributed by atoms with Crippen molar-refractivity contribution in [2.75, 3.05) is 40.2 Å². The van der Waals surface area contributed by atoms with Gasteiger partial charge in [-0.05, 0) is 17.7 Å². The molecule has 1 N–H and O–H groups in total. The van der Waals surface area contributed by atoms with E-state index in [0.29, 0.717) is 43.4 Å². The van der Waals surface area contributed by atoms with E-state index in [-0.39, 0.29) is 37.2 Å². The fourth-order valence-corrected chi connectivity index (χ4v) is 3.61. The molecule has 0 radical (unpaired) electrons. The fourth-order valence-electron chi connectivity index (χ4n) is 3.61. The van der Waals surface area contributed by atoms with E-state index in [1.807, 2.05) is 0 Å². The zero-order valence-corrected chi connectivity index (χ0v) is 16.6. The summed E-state index contributed by atoms with van der Waals surface area (Å²) in [6.45, 7) is 2.11. The summed E-state index contributed by atoms with van der Waals surface area (Å²) in [5.41, 5.74) is 0.0711. The van der Waals surface area contributed by atoms with Gasteiger partial charge in [0.2, 0.25) is 23.9 Å². The quantitative estimate of drug-likeness (QED) is 0.755. The smallest absolute Gasteiger partial charge is 0.231 e. The third-order valence-corrected chi connectivity index (χ3v) is 5.14. The molecule has 0 bridgehead atoms. The molecule has 0 saturated carbocycles. The number of carbonyl (C=O) groups excluding carboxylic acids is 1. The minimum atomic E-state index is -0.695. The van der Waals surface area contributed by atoms with Crippen molar-refractivity contribution < 1.29 is 33.3 Å². The highest BCUT2D eigenvalue weighted by Crippen LogP contribution is 2.39. The van der Waals surface area contributed by atoms with Crippen LogP contribution in [-0.2, 0) is 20.9 Å². The zero-order valence-electron chi connectivity index (χ0n) is 16.6. The van der Waals surface area contributed by atoms with Crippen LogP contribution in [0.5, 0.6) is 17.2 Å². The van der Waals surface area contributed by atoms with Crippen molar-refractivity contribution >= 4 is 5.91 Å². The van der Waals surface area contributed by atoms with Crippen molar-refractivity contribution in [3.63, 3.8) is 0 Å². The summed E-state index contributed by atoms with van der Waals surface area (Å²) in [4.78, 5) is 27.0. The first-order valence-corrected chi connectivity index (χ1v) is 9.66. The summed E-state index contributed by atoms with van der Waals surface area (Å²) in [7, 11) is 1.48. The maximum atomic E-state index is 13.0. The van der Waals surface area contributed by atoms with Crippen molar-refractivity contribution in [3.05, 3.63) is 51.6 Å². The second-order valence-electron chi connectivity index (χ2n) is 7.09. The van der Waals surface area contributed by atoms with Crippen molar-refractivity contribution in [1.82, 2.24) is 4.90 Å². The Morgan fingerprint density at radius 3 is 2.73 bits per heavy atom. The molecule has 1 saturated heterocycles. The molecule has 1 atom stereocenters. The van der Waals surface area contributed by atoms with Crippen molar-refractivity contribution in [3.8, 4) is 17.2 Å². The van der Waals surface area contributed by atoms with Crippen LogP contribution in [0, 0.1) is 0 Å². The number of benzene rings is 1. The number of ether oxygens (including phenoxy) is 4. The predicted molar refractivity (Wildman–Crippen MR) is 104 cm³/mol.